The zero-order valence-electron chi connectivity index (χ0n) is 19.8. The summed E-state index contributed by atoms with van der Waals surface area (Å²) in [5, 5.41) is 15.6. The summed E-state index contributed by atoms with van der Waals surface area (Å²) in [7, 11) is 0. The van der Waals surface area contributed by atoms with Gasteiger partial charge in [0.2, 0.25) is 17.8 Å². The average molecular weight is 482 g/mol. The number of hydrazone groups is 1. The largest absolute Gasteiger partial charge is 0.324 e. The third kappa shape index (κ3) is 5.06. The summed E-state index contributed by atoms with van der Waals surface area (Å²) in [5.41, 5.74) is 5.77. The Kier molecular flexibility index (Phi) is 6.07. The molecule has 0 saturated heterocycles. The van der Waals surface area contributed by atoms with E-state index in [1.54, 1.807) is 0 Å². The van der Waals surface area contributed by atoms with Crippen LogP contribution in [0.15, 0.2) is 120 Å². The molecule has 37 heavy (non-hydrogen) atoms. The minimum Gasteiger partial charge on any atom is -0.324 e. The highest BCUT2D eigenvalue weighted by atomic mass is 15.4. The first-order valence-electron chi connectivity index (χ1n) is 11.9. The first-order chi connectivity index (χ1) is 18.3. The number of nitrogens with zero attached hydrogens (tertiary/aromatic N) is 4. The van der Waals surface area contributed by atoms with E-state index in [-0.39, 0.29) is 0 Å². The average Bonchev–Trinajstić information content (AvgIpc) is 2.94. The SMILES string of the molecule is C(=NNc1nc(Nc2ccccc2)nc(Nc2ccccc2)n1)c1c2ccccc2cc2ccccc12. The zero-order valence-corrected chi connectivity index (χ0v) is 19.8. The Balaban J connectivity index is 1.34. The standard InChI is InChI=1S/C30H23N7/c1-3-13-23(14-4-1)32-28-34-29(33-24-15-5-2-6-16-24)36-30(35-28)37-31-20-27-25-17-9-7-11-21(25)19-22-12-8-10-18-26(22)27/h1-20H,(H3,32,33,34,35,36,37). The monoisotopic (exact) mass is 481 g/mol. The molecular formula is C30H23N7. The Morgan fingerprint density at radius 1 is 0.514 bits per heavy atom. The summed E-state index contributed by atoms with van der Waals surface area (Å²) >= 11 is 0. The van der Waals surface area contributed by atoms with Crippen LogP contribution in [0.3, 0.4) is 0 Å². The Bertz CT molecular complexity index is 1590. The van der Waals surface area contributed by atoms with Gasteiger partial charge in [-0.2, -0.15) is 20.1 Å². The van der Waals surface area contributed by atoms with E-state index in [1.807, 2.05) is 91.1 Å². The van der Waals surface area contributed by atoms with Crippen molar-refractivity contribution in [2.24, 2.45) is 5.10 Å². The van der Waals surface area contributed by atoms with E-state index in [1.165, 1.54) is 0 Å². The molecular weight excluding hydrogens is 458 g/mol. The summed E-state index contributed by atoms with van der Waals surface area (Å²) in [6, 6.07) is 38.3. The van der Waals surface area contributed by atoms with Crippen LogP contribution in [-0.4, -0.2) is 21.2 Å². The maximum absolute atomic E-state index is 4.54. The number of benzene rings is 5. The van der Waals surface area contributed by atoms with E-state index >= 15 is 0 Å². The van der Waals surface area contributed by atoms with E-state index in [0.717, 1.165) is 38.5 Å². The van der Waals surface area contributed by atoms with Gasteiger partial charge < -0.3 is 10.6 Å². The number of para-hydroxylation sites is 2. The molecule has 0 unspecified atom stereocenters. The van der Waals surface area contributed by atoms with Crippen molar-refractivity contribution < 1.29 is 0 Å². The summed E-state index contributed by atoms with van der Waals surface area (Å²) in [6.45, 7) is 0. The van der Waals surface area contributed by atoms with Crippen molar-refractivity contribution in [1.82, 2.24) is 15.0 Å². The molecule has 0 atom stereocenters. The highest BCUT2D eigenvalue weighted by Gasteiger charge is 2.09. The molecule has 6 rings (SSSR count). The lowest BCUT2D eigenvalue weighted by Crippen LogP contribution is -2.07. The number of rotatable bonds is 7. The fraction of sp³-hybridized carbons (Fsp3) is 0. The van der Waals surface area contributed by atoms with Gasteiger partial charge in [0.1, 0.15) is 0 Å². The molecule has 1 aromatic heterocycles. The number of anilines is 5. The maximum Gasteiger partial charge on any atom is 0.250 e. The van der Waals surface area contributed by atoms with Crippen LogP contribution in [0.5, 0.6) is 0 Å². The third-order valence-electron chi connectivity index (χ3n) is 5.87. The van der Waals surface area contributed by atoms with Gasteiger partial charge in [-0.1, -0.05) is 84.9 Å². The smallest absolute Gasteiger partial charge is 0.250 e. The van der Waals surface area contributed by atoms with Gasteiger partial charge in [-0.3, -0.25) is 0 Å². The van der Waals surface area contributed by atoms with Crippen molar-refractivity contribution in [3.63, 3.8) is 0 Å². The van der Waals surface area contributed by atoms with Gasteiger partial charge in [0.15, 0.2) is 0 Å². The summed E-state index contributed by atoms with van der Waals surface area (Å²) in [4.78, 5) is 13.6. The van der Waals surface area contributed by atoms with Gasteiger partial charge in [0.25, 0.3) is 0 Å². The van der Waals surface area contributed by atoms with Crippen LogP contribution < -0.4 is 16.1 Å². The molecule has 0 radical (unpaired) electrons. The van der Waals surface area contributed by atoms with E-state index in [0.29, 0.717) is 17.8 Å². The van der Waals surface area contributed by atoms with Gasteiger partial charge in [0, 0.05) is 16.9 Å². The molecule has 7 nitrogen and oxygen atoms in total. The van der Waals surface area contributed by atoms with Crippen LogP contribution in [0.4, 0.5) is 29.2 Å². The molecule has 5 aromatic carbocycles. The molecule has 0 amide bonds. The van der Waals surface area contributed by atoms with Gasteiger partial charge in [0.05, 0.1) is 6.21 Å². The fourth-order valence-corrected chi connectivity index (χ4v) is 4.18. The molecule has 1 heterocycles. The first-order valence-corrected chi connectivity index (χ1v) is 11.9. The predicted molar refractivity (Wildman–Crippen MR) is 152 cm³/mol. The highest BCUT2D eigenvalue weighted by Crippen LogP contribution is 2.27. The molecule has 0 spiro atoms. The lowest BCUT2D eigenvalue weighted by molar-refractivity contribution is 1.04. The molecule has 0 bridgehead atoms. The quantitative estimate of drug-likeness (QED) is 0.128. The minimum absolute atomic E-state index is 0.313. The van der Waals surface area contributed by atoms with Crippen molar-refractivity contribution in [3.8, 4) is 0 Å². The third-order valence-corrected chi connectivity index (χ3v) is 5.87. The van der Waals surface area contributed by atoms with Crippen LogP contribution in [0.25, 0.3) is 21.5 Å². The van der Waals surface area contributed by atoms with Crippen LogP contribution in [-0.2, 0) is 0 Å². The topological polar surface area (TPSA) is 87.1 Å². The molecule has 0 aliphatic heterocycles. The van der Waals surface area contributed by atoms with E-state index in [2.05, 4.69) is 66.4 Å². The number of hydrogen-bond donors (Lipinski definition) is 3. The normalized spacial score (nSPS) is 11.1. The van der Waals surface area contributed by atoms with E-state index in [4.69, 9.17) is 0 Å². The second-order valence-corrected chi connectivity index (χ2v) is 8.39. The Labute approximate surface area is 214 Å². The summed E-state index contributed by atoms with van der Waals surface area (Å²) < 4.78 is 0. The first kappa shape index (κ1) is 22.2. The molecule has 6 aromatic rings. The van der Waals surface area contributed by atoms with Crippen molar-refractivity contribution in [3.05, 3.63) is 121 Å². The Morgan fingerprint density at radius 3 is 1.51 bits per heavy atom. The number of nitrogens with one attached hydrogen (secondary N) is 3. The lowest BCUT2D eigenvalue weighted by Gasteiger charge is -2.10. The summed E-state index contributed by atoms with van der Waals surface area (Å²) in [6.07, 6.45) is 1.82. The van der Waals surface area contributed by atoms with Gasteiger partial charge in [-0.25, -0.2) is 5.43 Å². The summed E-state index contributed by atoms with van der Waals surface area (Å²) in [5.74, 6) is 1.11. The number of hydrogen-bond acceptors (Lipinski definition) is 7. The van der Waals surface area contributed by atoms with Gasteiger partial charge in [-0.05, 0) is 51.9 Å². The minimum atomic E-state index is 0.313. The van der Waals surface area contributed by atoms with Gasteiger partial charge in [-0.15, -0.1) is 0 Å². The lowest BCUT2D eigenvalue weighted by atomic mass is 9.97. The molecule has 3 N–H and O–H groups in total. The van der Waals surface area contributed by atoms with Crippen molar-refractivity contribution in [2.75, 3.05) is 16.1 Å². The molecule has 178 valence electrons. The molecule has 7 heteroatoms. The van der Waals surface area contributed by atoms with Crippen molar-refractivity contribution in [2.45, 2.75) is 0 Å². The second kappa shape index (κ2) is 10.1. The fourth-order valence-electron chi connectivity index (χ4n) is 4.18. The van der Waals surface area contributed by atoms with Crippen LogP contribution >= 0.6 is 0 Å². The van der Waals surface area contributed by atoms with Crippen LogP contribution in [0.2, 0.25) is 0 Å². The Morgan fingerprint density at radius 2 is 0.973 bits per heavy atom. The second-order valence-electron chi connectivity index (χ2n) is 8.39. The van der Waals surface area contributed by atoms with Crippen molar-refractivity contribution in [1.29, 1.82) is 0 Å². The predicted octanol–water partition coefficient (Wildman–Crippen LogP) is 7.11. The maximum atomic E-state index is 4.54. The Hall–Kier alpha value is -5.30. The van der Waals surface area contributed by atoms with Crippen LogP contribution in [0, 0.1) is 0 Å². The molecule has 0 aliphatic rings. The van der Waals surface area contributed by atoms with E-state index in [9.17, 15) is 0 Å². The molecule has 0 aliphatic carbocycles. The van der Waals surface area contributed by atoms with Crippen molar-refractivity contribution >= 4 is 57.0 Å². The number of fused-ring (bicyclic) bond motifs is 2. The number of aromatic nitrogens is 3. The van der Waals surface area contributed by atoms with Gasteiger partial charge >= 0.3 is 0 Å². The molecule has 0 saturated carbocycles. The highest BCUT2D eigenvalue weighted by molar-refractivity contribution is 6.13. The van der Waals surface area contributed by atoms with E-state index < -0.39 is 0 Å². The molecule has 0 fully saturated rings. The van der Waals surface area contributed by atoms with Crippen LogP contribution in [0.1, 0.15) is 5.56 Å². The zero-order chi connectivity index (χ0) is 24.9.